The SMILES string of the molecule is NC(=O)C(c1cccnc1)c1ccc(-c2ccccc2)nc1NCCc1ccccc1F. The Morgan fingerprint density at radius 1 is 0.969 bits per heavy atom. The molecule has 2 heterocycles. The molecule has 6 heteroatoms. The van der Waals surface area contributed by atoms with E-state index in [1.807, 2.05) is 54.6 Å². The molecule has 3 N–H and O–H groups in total. The van der Waals surface area contributed by atoms with Crippen molar-refractivity contribution in [2.75, 3.05) is 11.9 Å². The highest BCUT2D eigenvalue weighted by Gasteiger charge is 2.24. The molecule has 0 saturated carbocycles. The largest absolute Gasteiger partial charge is 0.369 e. The molecule has 1 unspecified atom stereocenters. The van der Waals surface area contributed by atoms with Crippen LogP contribution in [0.3, 0.4) is 0 Å². The maximum Gasteiger partial charge on any atom is 0.229 e. The second-order valence-electron chi connectivity index (χ2n) is 7.39. The van der Waals surface area contributed by atoms with E-state index in [9.17, 15) is 9.18 Å². The lowest BCUT2D eigenvalue weighted by molar-refractivity contribution is -0.118. The van der Waals surface area contributed by atoms with Crippen LogP contribution in [0.1, 0.15) is 22.6 Å². The summed E-state index contributed by atoms with van der Waals surface area (Å²) in [5.41, 5.74) is 9.45. The van der Waals surface area contributed by atoms with Gasteiger partial charge < -0.3 is 11.1 Å². The Balaban J connectivity index is 1.70. The van der Waals surface area contributed by atoms with Crippen LogP contribution in [0.2, 0.25) is 0 Å². The van der Waals surface area contributed by atoms with Crippen LogP contribution in [0, 0.1) is 5.82 Å². The maximum absolute atomic E-state index is 14.0. The van der Waals surface area contributed by atoms with Gasteiger partial charge in [0.15, 0.2) is 0 Å². The number of aromatic nitrogens is 2. The van der Waals surface area contributed by atoms with E-state index in [2.05, 4.69) is 10.3 Å². The van der Waals surface area contributed by atoms with Crippen LogP contribution >= 0.6 is 0 Å². The Bertz CT molecular complexity index is 1200. The highest BCUT2D eigenvalue weighted by molar-refractivity contribution is 5.87. The minimum atomic E-state index is -0.711. The van der Waals surface area contributed by atoms with E-state index in [0.717, 1.165) is 11.3 Å². The third-order valence-electron chi connectivity index (χ3n) is 5.25. The molecule has 32 heavy (non-hydrogen) atoms. The van der Waals surface area contributed by atoms with Crippen molar-refractivity contribution in [1.82, 2.24) is 9.97 Å². The highest BCUT2D eigenvalue weighted by Crippen LogP contribution is 2.31. The molecule has 0 saturated heterocycles. The standard InChI is InChI=1S/C26H23FN4O/c27-22-11-5-4-7-18(22)14-16-30-26-21(24(25(28)32)20-10-6-15-29-17-20)12-13-23(31-26)19-8-2-1-3-9-19/h1-13,15,17,24H,14,16H2,(H2,28,32)(H,30,31). The van der Waals surface area contributed by atoms with Gasteiger partial charge in [0.1, 0.15) is 11.6 Å². The molecule has 4 aromatic rings. The number of primary amides is 1. The lowest BCUT2D eigenvalue weighted by Crippen LogP contribution is -2.24. The number of carbonyl (C=O) groups is 1. The maximum atomic E-state index is 14.0. The van der Waals surface area contributed by atoms with Gasteiger partial charge in [-0.3, -0.25) is 9.78 Å². The molecular weight excluding hydrogens is 403 g/mol. The number of nitrogens with two attached hydrogens (primary N) is 1. The molecule has 0 fully saturated rings. The van der Waals surface area contributed by atoms with Gasteiger partial charge >= 0.3 is 0 Å². The van der Waals surface area contributed by atoms with Gasteiger partial charge in [0, 0.05) is 30.1 Å². The van der Waals surface area contributed by atoms with Crippen molar-refractivity contribution in [3.63, 3.8) is 0 Å². The Morgan fingerprint density at radius 2 is 1.75 bits per heavy atom. The predicted molar refractivity (Wildman–Crippen MR) is 124 cm³/mol. The summed E-state index contributed by atoms with van der Waals surface area (Å²) in [7, 11) is 0. The van der Waals surface area contributed by atoms with Crippen molar-refractivity contribution in [3.05, 3.63) is 114 Å². The zero-order valence-electron chi connectivity index (χ0n) is 17.4. The number of benzene rings is 2. The summed E-state index contributed by atoms with van der Waals surface area (Å²) in [6.45, 7) is 0.442. The van der Waals surface area contributed by atoms with Crippen LogP contribution in [0.4, 0.5) is 10.2 Å². The minimum absolute atomic E-state index is 0.245. The Labute approximate surface area is 186 Å². The first-order valence-electron chi connectivity index (χ1n) is 10.4. The first-order chi connectivity index (χ1) is 15.6. The molecule has 0 aliphatic carbocycles. The van der Waals surface area contributed by atoms with Crippen molar-refractivity contribution < 1.29 is 9.18 Å². The summed E-state index contributed by atoms with van der Waals surface area (Å²) in [4.78, 5) is 21.4. The summed E-state index contributed by atoms with van der Waals surface area (Å²) in [5.74, 6) is -0.914. The molecule has 0 aliphatic rings. The molecule has 2 aromatic carbocycles. The molecule has 0 bridgehead atoms. The normalized spacial score (nSPS) is 11.7. The molecule has 1 amide bonds. The van der Waals surface area contributed by atoms with Gasteiger partial charge in [-0.05, 0) is 35.7 Å². The van der Waals surface area contributed by atoms with Gasteiger partial charge in [-0.2, -0.15) is 0 Å². The number of nitrogens with one attached hydrogen (secondary N) is 1. The number of hydrogen-bond donors (Lipinski definition) is 2. The fourth-order valence-corrected chi connectivity index (χ4v) is 3.67. The first kappa shape index (κ1) is 21.2. The molecule has 5 nitrogen and oxygen atoms in total. The first-order valence-corrected chi connectivity index (χ1v) is 10.4. The molecule has 0 aliphatic heterocycles. The van der Waals surface area contributed by atoms with Crippen LogP contribution in [0.15, 0.2) is 91.3 Å². The Kier molecular flexibility index (Phi) is 6.51. The zero-order valence-corrected chi connectivity index (χ0v) is 17.4. The summed E-state index contributed by atoms with van der Waals surface area (Å²) in [5, 5.41) is 3.30. The monoisotopic (exact) mass is 426 g/mol. The highest BCUT2D eigenvalue weighted by atomic mass is 19.1. The van der Waals surface area contributed by atoms with Crippen molar-refractivity contribution >= 4 is 11.7 Å². The van der Waals surface area contributed by atoms with Crippen molar-refractivity contribution in [2.45, 2.75) is 12.3 Å². The lowest BCUT2D eigenvalue weighted by atomic mass is 9.91. The molecule has 2 aromatic heterocycles. The fraction of sp³-hybridized carbons (Fsp3) is 0.115. The van der Waals surface area contributed by atoms with Crippen LogP contribution < -0.4 is 11.1 Å². The van der Waals surface area contributed by atoms with E-state index in [-0.39, 0.29) is 5.82 Å². The van der Waals surface area contributed by atoms with Crippen molar-refractivity contribution in [3.8, 4) is 11.3 Å². The van der Waals surface area contributed by atoms with E-state index in [1.165, 1.54) is 6.07 Å². The van der Waals surface area contributed by atoms with E-state index in [4.69, 9.17) is 10.7 Å². The van der Waals surface area contributed by atoms with Crippen molar-refractivity contribution in [1.29, 1.82) is 0 Å². The van der Waals surface area contributed by atoms with Gasteiger partial charge in [0.25, 0.3) is 0 Å². The molecule has 4 rings (SSSR count). The van der Waals surface area contributed by atoms with Crippen LogP contribution in [-0.4, -0.2) is 22.4 Å². The topological polar surface area (TPSA) is 80.9 Å². The van der Waals surface area contributed by atoms with Crippen LogP contribution in [-0.2, 0) is 11.2 Å². The van der Waals surface area contributed by atoms with Gasteiger partial charge in [-0.1, -0.05) is 60.7 Å². The molecule has 1 atom stereocenters. The Hall–Kier alpha value is -4.06. The average molecular weight is 426 g/mol. The van der Waals surface area contributed by atoms with Crippen LogP contribution in [0.25, 0.3) is 11.3 Å². The number of pyridine rings is 2. The van der Waals surface area contributed by atoms with E-state index in [1.54, 1.807) is 30.6 Å². The van der Waals surface area contributed by atoms with Gasteiger partial charge in [0.05, 0.1) is 11.6 Å². The Morgan fingerprint density at radius 3 is 2.47 bits per heavy atom. The number of halogens is 1. The number of anilines is 1. The van der Waals surface area contributed by atoms with Gasteiger partial charge in [-0.25, -0.2) is 9.37 Å². The molecular formula is C26H23FN4O. The lowest BCUT2D eigenvalue weighted by Gasteiger charge is -2.19. The minimum Gasteiger partial charge on any atom is -0.369 e. The van der Waals surface area contributed by atoms with Crippen LogP contribution in [0.5, 0.6) is 0 Å². The third-order valence-corrected chi connectivity index (χ3v) is 5.25. The second-order valence-corrected chi connectivity index (χ2v) is 7.39. The predicted octanol–water partition coefficient (Wildman–Crippen LogP) is 4.55. The molecule has 0 spiro atoms. The van der Waals surface area contributed by atoms with E-state index in [0.29, 0.717) is 35.5 Å². The second kappa shape index (κ2) is 9.83. The summed E-state index contributed by atoms with van der Waals surface area (Å²) >= 11 is 0. The number of rotatable bonds is 8. The van der Waals surface area contributed by atoms with Crippen molar-refractivity contribution in [2.24, 2.45) is 5.73 Å². The van der Waals surface area contributed by atoms with E-state index < -0.39 is 11.8 Å². The third kappa shape index (κ3) is 4.81. The van der Waals surface area contributed by atoms with Gasteiger partial charge in [0.2, 0.25) is 5.91 Å². The smallest absolute Gasteiger partial charge is 0.229 e. The number of hydrogen-bond acceptors (Lipinski definition) is 4. The summed E-state index contributed by atoms with van der Waals surface area (Å²) in [6, 6.07) is 23.8. The zero-order chi connectivity index (χ0) is 22.3. The molecule has 160 valence electrons. The van der Waals surface area contributed by atoms with E-state index >= 15 is 0 Å². The number of amides is 1. The number of nitrogens with zero attached hydrogens (tertiary/aromatic N) is 2. The summed E-state index contributed by atoms with van der Waals surface area (Å²) in [6.07, 6.45) is 3.74. The van der Waals surface area contributed by atoms with Gasteiger partial charge in [-0.15, -0.1) is 0 Å². The fourth-order valence-electron chi connectivity index (χ4n) is 3.67. The summed E-state index contributed by atoms with van der Waals surface area (Å²) < 4.78 is 14.0. The average Bonchev–Trinajstić information content (AvgIpc) is 2.82. The molecule has 0 radical (unpaired) electrons. The number of carbonyl (C=O) groups excluding carboxylic acids is 1. The quantitative estimate of drug-likeness (QED) is 0.433.